The smallest absolute Gasteiger partial charge is 0.219 e. The molecule has 10 nitrogen and oxygen atoms in total. The number of aromatic nitrogens is 3. The summed E-state index contributed by atoms with van der Waals surface area (Å²) in [6.45, 7) is 3.25. The lowest BCUT2D eigenvalue weighted by atomic mass is 9.97. The van der Waals surface area contributed by atoms with E-state index in [2.05, 4.69) is 15.0 Å². The number of hydrogen-bond donors (Lipinski definition) is 1. The maximum atomic E-state index is 14.1. The topological polar surface area (TPSA) is 130 Å². The molecular formula is C39H34ClF2N5O5S. The molecule has 0 bridgehead atoms. The number of nitrogen functional groups attached to an aromatic ring is 1. The quantitative estimate of drug-likeness (QED) is 0.158. The van der Waals surface area contributed by atoms with Crippen LogP contribution in [0.4, 0.5) is 14.6 Å². The van der Waals surface area contributed by atoms with Gasteiger partial charge in [0.05, 0.1) is 35.2 Å². The molecule has 0 spiro atoms. The third kappa shape index (κ3) is 6.80. The maximum absolute atomic E-state index is 14.1. The average Bonchev–Trinajstić information content (AvgIpc) is 3.72. The van der Waals surface area contributed by atoms with Crippen molar-refractivity contribution in [3.8, 4) is 34.2 Å². The third-order valence-corrected chi connectivity index (χ3v) is 12.2. The number of ketones is 1. The van der Waals surface area contributed by atoms with Gasteiger partial charge in [-0.05, 0) is 72.9 Å². The molecule has 14 heteroatoms. The number of halogens is 3. The van der Waals surface area contributed by atoms with E-state index in [-0.39, 0.29) is 46.7 Å². The standard InChI is InChI=1S/C39H34ClF2N5O5S/c1-22-13-36(52-38-32(41)7-4-8-33(38)42)44-19-34(22)47-39(43)30(18-45-47)37(48)25-14-23-16-29(28-5-2-3-6-31(28)40)35(17-24(23)15-25)51-27-9-11-46(12-10-27)26-20-53(49,50)21-26/h2-8,13,15-19,26-27H,9-12,14,20-21,43H2,1H3. The molecule has 2 aliphatic heterocycles. The van der Waals surface area contributed by atoms with Gasteiger partial charge >= 0.3 is 0 Å². The summed E-state index contributed by atoms with van der Waals surface area (Å²) in [5, 5.41) is 4.95. The zero-order valence-electron chi connectivity index (χ0n) is 28.6. The molecule has 3 aromatic carbocycles. The van der Waals surface area contributed by atoms with Gasteiger partial charge in [-0.3, -0.25) is 9.69 Å². The van der Waals surface area contributed by atoms with Gasteiger partial charge in [-0.1, -0.05) is 35.9 Å². The van der Waals surface area contributed by atoms with Gasteiger partial charge < -0.3 is 15.2 Å². The van der Waals surface area contributed by atoms with E-state index in [0.717, 1.165) is 60.3 Å². The van der Waals surface area contributed by atoms with Crippen LogP contribution < -0.4 is 15.2 Å². The number of carbonyl (C=O) groups is 1. The number of piperidine rings is 1. The van der Waals surface area contributed by atoms with E-state index < -0.39 is 27.2 Å². The molecule has 0 saturated carbocycles. The van der Waals surface area contributed by atoms with Gasteiger partial charge in [0.2, 0.25) is 11.6 Å². The Morgan fingerprint density at radius 1 is 0.981 bits per heavy atom. The molecule has 272 valence electrons. The summed E-state index contributed by atoms with van der Waals surface area (Å²) >= 11 is 6.68. The second kappa shape index (κ2) is 13.7. The Balaban J connectivity index is 1.02. The minimum absolute atomic E-state index is 0.0255. The zero-order valence-corrected chi connectivity index (χ0v) is 30.1. The summed E-state index contributed by atoms with van der Waals surface area (Å²) in [5.41, 5.74) is 11.7. The highest BCUT2D eigenvalue weighted by atomic mass is 35.5. The van der Waals surface area contributed by atoms with Crippen LogP contribution in [0.3, 0.4) is 0 Å². The lowest BCUT2D eigenvalue weighted by molar-refractivity contribution is 0.0827. The Bertz CT molecular complexity index is 2390. The molecule has 2 N–H and O–H groups in total. The predicted molar refractivity (Wildman–Crippen MR) is 198 cm³/mol. The van der Waals surface area contributed by atoms with E-state index in [0.29, 0.717) is 34.0 Å². The molecule has 53 heavy (non-hydrogen) atoms. The van der Waals surface area contributed by atoms with E-state index in [9.17, 15) is 22.0 Å². The number of hydrogen-bond acceptors (Lipinski definition) is 9. The Morgan fingerprint density at radius 3 is 2.42 bits per heavy atom. The molecule has 1 aliphatic carbocycles. The number of benzene rings is 3. The van der Waals surface area contributed by atoms with Crippen LogP contribution in [0.15, 0.2) is 78.6 Å². The van der Waals surface area contributed by atoms with E-state index in [4.69, 9.17) is 26.8 Å². The number of anilines is 1. The fourth-order valence-corrected chi connectivity index (χ4v) is 8.91. The molecule has 5 aromatic rings. The van der Waals surface area contributed by atoms with E-state index in [1.807, 2.05) is 42.5 Å². The number of sulfone groups is 1. The molecule has 0 unspecified atom stereocenters. The summed E-state index contributed by atoms with van der Waals surface area (Å²) in [4.78, 5) is 20.4. The van der Waals surface area contributed by atoms with Crippen LogP contribution in [-0.2, 0) is 16.3 Å². The fourth-order valence-electron chi connectivity index (χ4n) is 7.17. The number of nitrogens with zero attached hydrogens (tertiary/aromatic N) is 4. The van der Waals surface area contributed by atoms with Crippen molar-refractivity contribution in [3.05, 3.63) is 118 Å². The molecule has 8 rings (SSSR count). The largest absolute Gasteiger partial charge is 0.490 e. The average molecular weight is 758 g/mol. The highest BCUT2D eigenvalue weighted by molar-refractivity contribution is 7.92. The lowest BCUT2D eigenvalue weighted by Crippen LogP contribution is -2.56. The second-order valence-corrected chi connectivity index (χ2v) is 16.2. The molecule has 0 atom stereocenters. The van der Waals surface area contributed by atoms with Crippen LogP contribution in [-0.4, -0.2) is 70.6 Å². The Morgan fingerprint density at radius 2 is 1.72 bits per heavy atom. The monoisotopic (exact) mass is 757 g/mol. The van der Waals surface area contributed by atoms with Crippen LogP contribution in [0.1, 0.15) is 39.9 Å². The maximum Gasteiger partial charge on any atom is 0.219 e. The van der Waals surface area contributed by atoms with Crippen molar-refractivity contribution in [1.29, 1.82) is 0 Å². The number of nitrogens with two attached hydrogens (primary N) is 1. The van der Waals surface area contributed by atoms with Crippen LogP contribution in [0.5, 0.6) is 17.4 Å². The fraction of sp³-hybridized carbons (Fsp3) is 0.256. The van der Waals surface area contributed by atoms with Crippen molar-refractivity contribution in [2.75, 3.05) is 30.3 Å². The van der Waals surface area contributed by atoms with E-state index >= 15 is 0 Å². The van der Waals surface area contributed by atoms with Crippen LogP contribution in [0.25, 0.3) is 22.9 Å². The van der Waals surface area contributed by atoms with Crippen molar-refractivity contribution in [2.45, 2.75) is 38.3 Å². The Kier molecular flexibility index (Phi) is 9.04. The molecule has 0 radical (unpaired) electrons. The predicted octanol–water partition coefficient (Wildman–Crippen LogP) is 7.01. The van der Waals surface area contributed by atoms with Gasteiger partial charge in [0.1, 0.15) is 17.7 Å². The summed E-state index contributed by atoms with van der Waals surface area (Å²) in [5.74, 6) is -1.37. The number of para-hydroxylation sites is 1. The molecule has 3 aliphatic rings. The van der Waals surface area contributed by atoms with Crippen molar-refractivity contribution < 1.29 is 31.5 Å². The summed E-state index contributed by atoms with van der Waals surface area (Å²) in [6, 6.07) is 16.5. The molecule has 2 fully saturated rings. The normalized spacial score (nSPS) is 17.2. The first-order valence-electron chi connectivity index (χ1n) is 17.1. The van der Waals surface area contributed by atoms with Gasteiger partial charge in [0.15, 0.2) is 27.3 Å². The molecule has 2 aromatic heterocycles. The molecule has 2 saturated heterocycles. The van der Waals surface area contributed by atoms with E-state index in [1.54, 1.807) is 6.92 Å². The number of pyridine rings is 1. The third-order valence-electron chi connectivity index (χ3n) is 10.0. The van der Waals surface area contributed by atoms with Crippen molar-refractivity contribution in [1.82, 2.24) is 19.7 Å². The Labute approximate surface area is 309 Å². The first-order chi connectivity index (χ1) is 25.4. The summed E-state index contributed by atoms with van der Waals surface area (Å²) in [6.07, 6.45) is 6.47. The first kappa shape index (κ1) is 34.9. The van der Waals surface area contributed by atoms with E-state index in [1.165, 1.54) is 29.2 Å². The van der Waals surface area contributed by atoms with Crippen LogP contribution in [0.2, 0.25) is 5.02 Å². The van der Waals surface area contributed by atoms with Gasteiger partial charge in [-0.15, -0.1) is 0 Å². The number of fused-ring (bicyclic) bond motifs is 1. The summed E-state index contributed by atoms with van der Waals surface area (Å²) in [7, 11) is -2.90. The number of likely N-dealkylation sites (tertiary alicyclic amines) is 1. The minimum Gasteiger partial charge on any atom is -0.490 e. The highest BCUT2D eigenvalue weighted by Crippen LogP contribution is 2.42. The number of Topliss-reactive ketones (excluding diaryl/α,β-unsaturated/α-hetero) is 1. The van der Waals surface area contributed by atoms with Crippen LogP contribution in [0, 0.1) is 18.6 Å². The minimum atomic E-state index is -2.90. The number of allylic oxidation sites excluding steroid dienone is 1. The molecular weight excluding hydrogens is 724 g/mol. The van der Waals surface area contributed by atoms with Gasteiger partial charge in [0.25, 0.3) is 0 Å². The second-order valence-electron chi connectivity index (χ2n) is 13.6. The number of carbonyl (C=O) groups excluding carboxylic acids is 1. The van der Waals surface area contributed by atoms with Gasteiger partial charge in [-0.25, -0.2) is 26.9 Å². The number of rotatable bonds is 9. The van der Waals surface area contributed by atoms with Gasteiger partial charge in [0, 0.05) is 53.3 Å². The molecule has 0 amide bonds. The number of aryl methyl sites for hydroxylation is 1. The van der Waals surface area contributed by atoms with Crippen molar-refractivity contribution in [2.24, 2.45) is 0 Å². The van der Waals surface area contributed by atoms with Crippen molar-refractivity contribution >= 4 is 39.1 Å². The van der Waals surface area contributed by atoms with Gasteiger partial charge in [-0.2, -0.15) is 5.10 Å². The zero-order chi connectivity index (χ0) is 37.0. The molecule has 4 heterocycles. The number of ether oxygens (including phenoxy) is 2. The van der Waals surface area contributed by atoms with Crippen molar-refractivity contribution in [3.63, 3.8) is 0 Å². The lowest BCUT2D eigenvalue weighted by Gasteiger charge is -2.41. The Hall–Kier alpha value is -5.11. The van der Waals surface area contributed by atoms with Crippen LogP contribution >= 0.6 is 11.6 Å². The summed E-state index contributed by atoms with van der Waals surface area (Å²) < 4.78 is 65.1. The highest BCUT2D eigenvalue weighted by Gasteiger charge is 2.39. The first-order valence-corrected chi connectivity index (χ1v) is 19.3. The SMILES string of the molecule is Cc1cc(Oc2c(F)cccc2F)ncc1-n1ncc(C(=O)C2=Cc3cc(OC4CCN(C5CS(=O)(=O)C5)CC4)c(-c4ccccc4Cl)cc3C2)c1N.